The normalized spacial score (nSPS) is 12.1. The Bertz CT molecular complexity index is 582. The number of ether oxygens (including phenoxy) is 1. The molecule has 0 heterocycles. The maximum absolute atomic E-state index is 9.60. The van der Waals surface area contributed by atoms with Gasteiger partial charge in [-0.3, -0.25) is 0 Å². The van der Waals surface area contributed by atoms with E-state index in [1.54, 1.807) is 14.0 Å². The van der Waals surface area contributed by atoms with E-state index in [1.807, 2.05) is 49.5 Å². The maximum Gasteiger partial charge on any atom is 0.119 e. The average Bonchev–Trinajstić information content (AvgIpc) is 2.46. The fourth-order valence-electron chi connectivity index (χ4n) is 2.00. The van der Waals surface area contributed by atoms with Crippen LogP contribution in [0.1, 0.15) is 18.6 Å². The smallest absolute Gasteiger partial charge is 0.119 e. The first-order valence-corrected chi connectivity index (χ1v) is 7.17. The van der Waals surface area contributed by atoms with E-state index in [4.69, 9.17) is 4.74 Å². The molecule has 2 aromatic rings. The molecule has 3 nitrogen and oxygen atoms in total. The van der Waals surface area contributed by atoms with Crippen LogP contribution in [0.15, 0.2) is 46.9 Å². The van der Waals surface area contributed by atoms with Gasteiger partial charge in [-0.2, -0.15) is 0 Å². The lowest BCUT2D eigenvalue weighted by atomic mass is 10.1. The molecule has 0 radical (unpaired) electrons. The molecule has 0 aliphatic rings. The molecular formula is C16H18BrNO2. The molecule has 1 N–H and O–H groups in total. The quantitative estimate of drug-likeness (QED) is 0.905. The second kappa shape index (κ2) is 6.29. The number of hydrogen-bond acceptors (Lipinski definition) is 3. The summed E-state index contributed by atoms with van der Waals surface area (Å²) < 4.78 is 6.12. The molecule has 0 bridgehead atoms. The molecule has 0 aromatic heterocycles. The fraction of sp³-hybridized carbons (Fsp3) is 0.250. The molecule has 0 spiro atoms. The van der Waals surface area contributed by atoms with Crippen LogP contribution in [0.4, 0.5) is 11.4 Å². The van der Waals surface area contributed by atoms with Gasteiger partial charge >= 0.3 is 0 Å². The van der Waals surface area contributed by atoms with E-state index < -0.39 is 6.10 Å². The second-order valence-corrected chi connectivity index (χ2v) is 5.50. The van der Waals surface area contributed by atoms with Gasteiger partial charge in [0.2, 0.25) is 0 Å². The molecule has 0 saturated carbocycles. The number of aliphatic hydroxyl groups excluding tert-OH is 1. The minimum absolute atomic E-state index is 0.466. The summed E-state index contributed by atoms with van der Waals surface area (Å²) in [5.74, 6) is 0.839. The monoisotopic (exact) mass is 335 g/mol. The van der Waals surface area contributed by atoms with Crippen molar-refractivity contribution in [3.05, 3.63) is 52.5 Å². The van der Waals surface area contributed by atoms with Crippen LogP contribution in [-0.4, -0.2) is 19.3 Å². The van der Waals surface area contributed by atoms with Crippen molar-refractivity contribution in [3.8, 4) is 5.75 Å². The standard InChI is InChI=1S/C16H18BrNO2/c1-11(19)12-4-9-16(15(17)10-12)18(2)13-5-7-14(20-3)8-6-13/h4-11,19H,1-3H3/t11-/m0/s1. The van der Waals surface area contributed by atoms with Gasteiger partial charge in [0.15, 0.2) is 0 Å². The van der Waals surface area contributed by atoms with Crippen LogP contribution >= 0.6 is 15.9 Å². The number of halogens is 1. The molecule has 106 valence electrons. The first-order chi connectivity index (χ1) is 9.52. The Balaban J connectivity index is 2.30. The molecule has 0 amide bonds. The SMILES string of the molecule is COc1ccc(N(C)c2ccc([C@H](C)O)cc2Br)cc1. The number of nitrogens with zero attached hydrogens (tertiary/aromatic N) is 1. The molecule has 0 unspecified atom stereocenters. The number of rotatable bonds is 4. The van der Waals surface area contributed by atoms with Gasteiger partial charge in [-0.05, 0) is 64.8 Å². The van der Waals surface area contributed by atoms with Gasteiger partial charge in [0, 0.05) is 17.2 Å². The van der Waals surface area contributed by atoms with E-state index in [0.717, 1.165) is 27.2 Å². The summed E-state index contributed by atoms with van der Waals surface area (Å²) in [5, 5.41) is 9.60. The Morgan fingerprint density at radius 3 is 2.30 bits per heavy atom. The van der Waals surface area contributed by atoms with Crippen molar-refractivity contribution >= 4 is 27.3 Å². The highest BCUT2D eigenvalue weighted by molar-refractivity contribution is 9.10. The zero-order chi connectivity index (χ0) is 14.7. The van der Waals surface area contributed by atoms with Crippen LogP contribution in [0.25, 0.3) is 0 Å². The van der Waals surface area contributed by atoms with Crippen LogP contribution in [0.5, 0.6) is 5.75 Å². The molecule has 0 aliphatic carbocycles. The Hall–Kier alpha value is -1.52. The Labute approximate surface area is 127 Å². The fourth-order valence-corrected chi connectivity index (χ4v) is 2.66. The molecular weight excluding hydrogens is 318 g/mol. The highest BCUT2D eigenvalue weighted by atomic mass is 79.9. The number of methoxy groups -OCH3 is 1. The molecule has 0 saturated heterocycles. The minimum atomic E-state index is -0.466. The van der Waals surface area contributed by atoms with Gasteiger partial charge in [-0.25, -0.2) is 0 Å². The molecule has 1 atom stereocenters. The second-order valence-electron chi connectivity index (χ2n) is 4.64. The summed E-state index contributed by atoms with van der Waals surface area (Å²) in [5.41, 5.74) is 3.00. The van der Waals surface area contributed by atoms with E-state index in [-0.39, 0.29) is 0 Å². The molecule has 2 aromatic carbocycles. The van der Waals surface area contributed by atoms with Gasteiger partial charge in [0.25, 0.3) is 0 Å². The first-order valence-electron chi connectivity index (χ1n) is 6.38. The van der Waals surface area contributed by atoms with Crippen molar-refractivity contribution in [2.45, 2.75) is 13.0 Å². The van der Waals surface area contributed by atoms with Crippen molar-refractivity contribution in [2.75, 3.05) is 19.1 Å². The first kappa shape index (κ1) is 14.9. The lowest BCUT2D eigenvalue weighted by Crippen LogP contribution is -2.10. The Morgan fingerprint density at radius 1 is 1.15 bits per heavy atom. The van der Waals surface area contributed by atoms with Gasteiger partial charge in [-0.1, -0.05) is 6.07 Å². The topological polar surface area (TPSA) is 32.7 Å². The van der Waals surface area contributed by atoms with E-state index in [1.165, 1.54) is 0 Å². The van der Waals surface area contributed by atoms with Crippen molar-refractivity contribution in [1.82, 2.24) is 0 Å². The van der Waals surface area contributed by atoms with Crippen molar-refractivity contribution in [3.63, 3.8) is 0 Å². The predicted molar refractivity (Wildman–Crippen MR) is 85.8 cm³/mol. The molecule has 0 aliphatic heterocycles. The third-order valence-corrected chi connectivity index (χ3v) is 3.91. The van der Waals surface area contributed by atoms with Crippen molar-refractivity contribution < 1.29 is 9.84 Å². The third-order valence-electron chi connectivity index (χ3n) is 3.28. The van der Waals surface area contributed by atoms with Crippen LogP contribution in [0, 0.1) is 0 Å². The van der Waals surface area contributed by atoms with Crippen LogP contribution < -0.4 is 9.64 Å². The lowest BCUT2D eigenvalue weighted by molar-refractivity contribution is 0.199. The summed E-state index contributed by atoms with van der Waals surface area (Å²) >= 11 is 3.56. The highest BCUT2D eigenvalue weighted by Crippen LogP contribution is 2.33. The zero-order valence-corrected chi connectivity index (χ0v) is 13.4. The van der Waals surface area contributed by atoms with Crippen molar-refractivity contribution in [1.29, 1.82) is 0 Å². The summed E-state index contributed by atoms with van der Waals surface area (Å²) in [7, 11) is 3.66. The van der Waals surface area contributed by atoms with Gasteiger partial charge in [0.1, 0.15) is 5.75 Å². The molecule has 2 rings (SSSR count). The van der Waals surface area contributed by atoms with E-state index in [2.05, 4.69) is 20.8 Å². The van der Waals surface area contributed by atoms with Crippen LogP contribution in [0.3, 0.4) is 0 Å². The van der Waals surface area contributed by atoms with Gasteiger partial charge in [0.05, 0.1) is 18.9 Å². The average molecular weight is 336 g/mol. The van der Waals surface area contributed by atoms with E-state index in [9.17, 15) is 5.11 Å². The Morgan fingerprint density at radius 2 is 1.80 bits per heavy atom. The number of aliphatic hydroxyl groups is 1. The summed E-state index contributed by atoms with van der Waals surface area (Å²) in [6, 6.07) is 13.8. The summed E-state index contributed by atoms with van der Waals surface area (Å²) in [6.07, 6.45) is -0.466. The van der Waals surface area contributed by atoms with Gasteiger partial charge < -0.3 is 14.7 Å². The molecule has 20 heavy (non-hydrogen) atoms. The largest absolute Gasteiger partial charge is 0.497 e. The maximum atomic E-state index is 9.60. The summed E-state index contributed by atoms with van der Waals surface area (Å²) in [6.45, 7) is 1.76. The highest BCUT2D eigenvalue weighted by Gasteiger charge is 2.10. The van der Waals surface area contributed by atoms with Gasteiger partial charge in [-0.15, -0.1) is 0 Å². The third kappa shape index (κ3) is 3.14. The predicted octanol–water partition coefficient (Wildman–Crippen LogP) is 4.28. The number of benzene rings is 2. The minimum Gasteiger partial charge on any atom is -0.497 e. The molecule has 4 heteroatoms. The van der Waals surface area contributed by atoms with Crippen molar-refractivity contribution in [2.24, 2.45) is 0 Å². The summed E-state index contributed by atoms with van der Waals surface area (Å²) in [4.78, 5) is 2.08. The number of hydrogen-bond donors (Lipinski definition) is 1. The lowest BCUT2D eigenvalue weighted by Gasteiger charge is -2.22. The Kier molecular flexibility index (Phi) is 4.68. The van der Waals surface area contributed by atoms with Crippen LogP contribution in [-0.2, 0) is 0 Å². The zero-order valence-electron chi connectivity index (χ0n) is 11.8. The van der Waals surface area contributed by atoms with Crippen LogP contribution in [0.2, 0.25) is 0 Å². The number of anilines is 2. The molecule has 0 fully saturated rings. The van der Waals surface area contributed by atoms with E-state index >= 15 is 0 Å². The van der Waals surface area contributed by atoms with E-state index in [0.29, 0.717) is 0 Å².